The molecule has 1 fully saturated rings. The maximum atomic E-state index is 5.79. The van der Waals surface area contributed by atoms with E-state index in [1.807, 2.05) is 0 Å². The first kappa shape index (κ1) is 10.7. The van der Waals surface area contributed by atoms with Gasteiger partial charge in [0.2, 0.25) is 0 Å². The molecule has 0 saturated heterocycles. The van der Waals surface area contributed by atoms with Crippen molar-refractivity contribution >= 4 is 17.4 Å². The summed E-state index contributed by atoms with van der Waals surface area (Å²) in [4.78, 5) is 8.23. The quantitative estimate of drug-likeness (QED) is 0.840. The van der Waals surface area contributed by atoms with E-state index in [1.54, 1.807) is 12.4 Å². The molecule has 1 aromatic rings. The van der Waals surface area contributed by atoms with Gasteiger partial charge in [0.15, 0.2) is 0 Å². The van der Waals surface area contributed by atoms with Crippen molar-refractivity contribution in [1.29, 1.82) is 0 Å². The number of nitrogens with zero attached hydrogens (tertiary/aromatic N) is 2. The Morgan fingerprint density at radius 3 is 2.67 bits per heavy atom. The topological polar surface area (TPSA) is 37.8 Å². The van der Waals surface area contributed by atoms with E-state index in [-0.39, 0.29) is 5.54 Å². The summed E-state index contributed by atoms with van der Waals surface area (Å²) in [6.45, 7) is 2.24. The monoisotopic (exact) mass is 225 g/mol. The largest absolute Gasteiger partial charge is 0.364 e. The summed E-state index contributed by atoms with van der Waals surface area (Å²) >= 11 is 5.79. The van der Waals surface area contributed by atoms with Crippen LogP contribution in [0.1, 0.15) is 39.0 Å². The summed E-state index contributed by atoms with van der Waals surface area (Å²) in [5.74, 6) is 0.784. The van der Waals surface area contributed by atoms with Crippen LogP contribution in [0.4, 0.5) is 5.82 Å². The van der Waals surface area contributed by atoms with E-state index in [4.69, 9.17) is 11.6 Å². The molecule has 1 N–H and O–H groups in total. The summed E-state index contributed by atoms with van der Waals surface area (Å²) in [6.07, 6.45) is 9.59. The van der Waals surface area contributed by atoms with Crippen LogP contribution < -0.4 is 5.32 Å². The number of aromatic nitrogens is 2. The second kappa shape index (κ2) is 4.35. The molecule has 0 unspecified atom stereocenters. The SMILES string of the molecule is CC1(Nc2cncc(Cl)n2)CCCCC1. The summed E-state index contributed by atoms with van der Waals surface area (Å²) in [5.41, 5.74) is 0.164. The summed E-state index contributed by atoms with van der Waals surface area (Å²) in [7, 11) is 0. The van der Waals surface area contributed by atoms with Gasteiger partial charge >= 0.3 is 0 Å². The van der Waals surface area contributed by atoms with Crippen LogP contribution in [0.3, 0.4) is 0 Å². The zero-order valence-corrected chi connectivity index (χ0v) is 9.72. The van der Waals surface area contributed by atoms with Crippen molar-refractivity contribution in [3.63, 3.8) is 0 Å². The number of anilines is 1. The van der Waals surface area contributed by atoms with E-state index < -0.39 is 0 Å². The smallest absolute Gasteiger partial charge is 0.149 e. The fraction of sp³-hybridized carbons (Fsp3) is 0.636. The van der Waals surface area contributed by atoms with E-state index in [9.17, 15) is 0 Å². The number of nitrogens with one attached hydrogen (secondary N) is 1. The molecule has 0 atom stereocenters. The lowest BCUT2D eigenvalue weighted by molar-refractivity contribution is 0.348. The molecule has 4 heteroatoms. The normalized spacial score (nSPS) is 19.9. The average Bonchev–Trinajstić information content (AvgIpc) is 2.18. The Labute approximate surface area is 95.3 Å². The minimum Gasteiger partial charge on any atom is -0.364 e. The molecule has 0 spiro atoms. The van der Waals surface area contributed by atoms with Crippen LogP contribution >= 0.6 is 11.6 Å². The first-order chi connectivity index (χ1) is 7.18. The Kier molecular flexibility index (Phi) is 3.10. The van der Waals surface area contributed by atoms with Crippen LogP contribution in [0.25, 0.3) is 0 Å². The zero-order chi connectivity index (χ0) is 10.7. The van der Waals surface area contributed by atoms with Gasteiger partial charge in [0.1, 0.15) is 11.0 Å². The van der Waals surface area contributed by atoms with Crippen molar-refractivity contribution in [3.05, 3.63) is 17.5 Å². The number of halogens is 1. The lowest BCUT2D eigenvalue weighted by Crippen LogP contribution is -2.37. The van der Waals surface area contributed by atoms with Gasteiger partial charge in [-0.2, -0.15) is 0 Å². The number of hydrogen-bond acceptors (Lipinski definition) is 3. The summed E-state index contributed by atoms with van der Waals surface area (Å²) in [6, 6.07) is 0. The van der Waals surface area contributed by atoms with E-state index in [1.165, 1.54) is 32.1 Å². The maximum absolute atomic E-state index is 5.79. The van der Waals surface area contributed by atoms with Crippen LogP contribution in [0.5, 0.6) is 0 Å². The molecule has 3 nitrogen and oxygen atoms in total. The highest BCUT2D eigenvalue weighted by atomic mass is 35.5. The third-order valence-corrected chi connectivity index (χ3v) is 3.17. The van der Waals surface area contributed by atoms with Crippen molar-refractivity contribution < 1.29 is 0 Å². The molecule has 0 radical (unpaired) electrons. The van der Waals surface area contributed by atoms with Gasteiger partial charge in [0.25, 0.3) is 0 Å². The van der Waals surface area contributed by atoms with Gasteiger partial charge in [-0.15, -0.1) is 0 Å². The standard InChI is InChI=1S/C11H16ClN3/c1-11(5-3-2-4-6-11)15-10-8-13-7-9(12)14-10/h7-8H,2-6H2,1H3,(H,14,15). The fourth-order valence-corrected chi connectivity index (χ4v) is 2.32. The maximum Gasteiger partial charge on any atom is 0.149 e. The minimum atomic E-state index is 0.164. The molecular formula is C11H16ClN3. The molecule has 0 amide bonds. The molecular weight excluding hydrogens is 210 g/mol. The van der Waals surface area contributed by atoms with Crippen LogP contribution in [-0.2, 0) is 0 Å². The van der Waals surface area contributed by atoms with Crippen molar-refractivity contribution in [3.8, 4) is 0 Å². The molecule has 1 aliphatic carbocycles. The van der Waals surface area contributed by atoms with Gasteiger partial charge in [-0.1, -0.05) is 30.9 Å². The van der Waals surface area contributed by atoms with Crippen molar-refractivity contribution in [1.82, 2.24) is 9.97 Å². The van der Waals surface area contributed by atoms with Gasteiger partial charge in [0, 0.05) is 5.54 Å². The highest BCUT2D eigenvalue weighted by Gasteiger charge is 2.26. The van der Waals surface area contributed by atoms with Crippen LogP contribution in [-0.4, -0.2) is 15.5 Å². The number of rotatable bonds is 2. The van der Waals surface area contributed by atoms with Gasteiger partial charge in [0.05, 0.1) is 12.4 Å². The summed E-state index contributed by atoms with van der Waals surface area (Å²) < 4.78 is 0. The second-order valence-electron chi connectivity index (χ2n) is 4.47. The third kappa shape index (κ3) is 2.81. The highest BCUT2D eigenvalue weighted by Crippen LogP contribution is 2.30. The first-order valence-corrected chi connectivity index (χ1v) is 5.82. The molecule has 0 bridgehead atoms. The van der Waals surface area contributed by atoms with Crippen molar-refractivity contribution in [2.24, 2.45) is 0 Å². The fourth-order valence-electron chi connectivity index (χ4n) is 2.17. The van der Waals surface area contributed by atoms with E-state index >= 15 is 0 Å². The zero-order valence-electron chi connectivity index (χ0n) is 8.96. The predicted molar refractivity (Wildman–Crippen MR) is 62.2 cm³/mol. The number of hydrogen-bond donors (Lipinski definition) is 1. The molecule has 1 aliphatic rings. The van der Waals surface area contributed by atoms with Crippen LogP contribution in [0, 0.1) is 0 Å². The molecule has 0 aromatic carbocycles. The Morgan fingerprint density at radius 1 is 1.27 bits per heavy atom. The molecule has 82 valence electrons. The summed E-state index contributed by atoms with van der Waals surface area (Å²) in [5, 5.41) is 3.88. The lowest BCUT2D eigenvalue weighted by atomic mass is 9.83. The van der Waals surface area contributed by atoms with Gasteiger partial charge in [-0.05, 0) is 19.8 Å². The highest BCUT2D eigenvalue weighted by molar-refractivity contribution is 6.29. The Morgan fingerprint density at radius 2 is 2.00 bits per heavy atom. The molecule has 15 heavy (non-hydrogen) atoms. The van der Waals surface area contributed by atoms with Gasteiger partial charge in [-0.25, -0.2) is 4.98 Å². The van der Waals surface area contributed by atoms with E-state index in [0.29, 0.717) is 5.15 Å². The van der Waals surface area contributed by atoms with Crippen molar-refractivity contribution in [2.45, 2.75) is 44.6 Å². The van der Waals surface area contributed by atoms with Gasteiger partial charge in [-0.3, -0.25) is 4.98 Å². The van der Waals surface area contributed by atoms with E-state index in [2.05, 4.69) is 22.2 Å². The Bertz CT molecular complexity index is 334. The van der Waals surface area contributed by atoms with Crippen LogP contribution in [0.15, 0.2) is 12.4 Å². The first-order valence-electron chi connectivity index (χ1n) is 5.44. The molecule has 1 saturated carbocycles. The molecule has 1 heterocycles. The van der Waals surface area contributed by atoms with Crippen LogP contribution in [0.2, 0.25) is 5.15 Å². The molecule has 2 rings (SSSR count). The molecule has 0 aliphatic heterocycles. The lowest BCUT2D eigenvalue weighted by Gasteiger charge is -2.34. The Hall–Kier alpha value is -0.830. The third-order valence-electron chi connectivity index (χ3n) is 2.99. The second-order valence-corrected chi connectivity index (χ2v) is 4.86. The Balaban J connectivity index is 2.06. The average molecular weight is 226 g/mol. The molecule has 1 aromatic heterocycles. The van der Waals surface area contributed by atoms with E-state index in [0.717, 1.165) is 5.82 Å². The van der Waals surface area contributed by atoms with Crippen molar-refractivity contribution in [2.75, 3.05) is 5.32 Å². The predicted octanol–water partition coefficient (Wildman–Crippen LogP) is 3.26. The minimum absolute atomic E-state index is 0.164. The van der Waals surface area contributed by atoms with Gasteiger partial charge < -0.3 is 5.32 Å².